The van der Waals surface area contributed by atoms with Gasteiger partial charge in [-0.3, -0.25) is 4.79 Å². The summed E-state index contributed by atoms with van der Waals surface area (Å²) in [4.78, 5) is 25.9. The molecule has 1 aromatic heterocycles. The summed E-state index contributed by atoms with van der Waals surface area (Å²) < 4.78 is 0. The standard InChI is InChI=1S/C24H33N5O/c1-28(21-8-3-2-4-9-21)22-12-10-19(11-13-22)17-27-23(30)20-7-5-16-29(18-20)24-25-14-6-15-26-24/h6,10-15,20-21H,2-5,7-9,16-18H2,1H3,(H,27,30). The fourth-order valence-corrected chi connectivity index (χ4v) is 4.69. The lowest BCUT2D eigenvalue weighted by Gasteiger charge is -2.33. The minimum absolute atomic E-state index is 0.0146. The molecule has 2 heterocycles. The van der Waals surface area contributed by atoms with Gasteiger partial charge in [-0.05, 0) is 49.4 Å². The van der Waals surface area contributed by atoms with Crippen molar-refractivity contribution in [1.82, 2.24) is 15.3 Å². The number of carbonyl (C=O) groups is 1. The lowest BCUT2D eigenvalue weighted by molar-refractivity contribution is -0.125. The first-order chi connectivity index (χ1) is 14.7. The van der Waals surface area contributed by atoms with Crippen LogP contribution in [-0.2, 0) is 11.3 Å². The van der Waals surface area contributed by atoms with E-state index in [1.165, 1.54) is 37.8 Å². The van der Waals surface area contributed by atoms with Crippen LogP contribution in [0, 0.1) is 5.92 Å². The van der Waals surface area contributed by atoms with Crippen molar-refractivity contribution in [3.63, 3.8) is 0 Å². The van der Waals surface area contributed by atoms with Crippen molar-refractivity contribution in [2.75, 3.05) is 29.9 Å². The molecule has 4 rings (SSSR count). The molecule has 0 spiro atoms. The number of nitrogens with zero attached hydrogens (tertiary/aromatic N) is 4. The summed E-state index contributed by atoms with van der Waals surface area (Å²) in [6.45, 7) is 2.16. The van der Waals surface area contributed by atoms with Gasteiger partial charge in [-0.1, -0.05) is 31.4 Å². The lowest BCUT2D eigenvalue weighted by Crippen LogP contribution is -2.43. The number of benzene rings is 1. The second kappa shape index (κ2) is 9.92. The van der Waals surface area contributed by atoms with Crippen molar-refractivity contribution in [3.05, 3.63) is 48.3 Å². The molecule has 1 aliphatic heterocycles. The Hall–Kier alpha value is -2.63. The second-order valence-electron chi connectivity index (χ2n) is 8.62. The molecular weight excluding hydrogens is 374 g/mol. The molecule has 1 aliphatic carbocycles. The number of anilines is 2. The molecule has 1 saturated heterocycles. The summed E-state index contributed by atoms with van der Waals surface area (Å²) in [5.41, 5.74) is 2.41. The van der Waals surface area contributed by atoms with Crippen LogP contribution >= 0.6 is 0 Å². The Labute approximate surface area is 179 Å². The number of rotatable bonds is 6. The average Bonchev–Trinajstić information content (AvgIpc) is 2.83. The monoisotopic (exact) mass is 407 g/mol. The second-order valence-corrected chi connectivity index (χ2v) is 8.62. The molecule has 1 aromatic carbocycles. The molecule has 1 N–H and O–H groups in total. The summed E-state index contributed by atoms with van der Waals surface area (Å²) >= 11 is 0. The third kappa shape index (κ3) is 5.10. The minimum Gasteiger partial charge on any atom is -0.372 e. The first-order valence-corrected chi connectivity index (χ1v) is 11.3. The van der Waals surface area contributed by atoms with Gasteiger partial charge in [0.1, 0.15) is 0 Å². The Morgan fingerprint density at radius 2 is 1.80 bits per heavy atom. The van der Waals surface area contributed by atoms with Gasteiger partial charge in [0, 0.05) is 50.8 Å². The molecule has 1 amide bonds. The van der Waals surface area contributed by atoms with Crippen LogP contribution in [0.5, 0.6) is 0 Å². The zero-order chi connectivity index (χ0) is 20.8. The van der Waals surface area contributed by atoms with E-state index < -0.39 is 0 Å². The molecule has 160 valence electrons. The highest BCUT2D eigenvalue weighted by atomic mass is 16.1. The molecular formula is C24H33N5O. The molecule has 6 heteroatoms. The predicted molar refractivity (Wildman–Crippen MR) is 121 cm³/mol. The fraction of sp³-hybridized carbons (Fsp3) is 0.542. The Bertz CT molecular complexity index is 804. The first kappa shape index (κ1) is 20.6. The van der Waals surface area contributed by atoms with Crippen LogP contribution < -0.4 is 15.1 Å². The molecule has 30 heavy (non-hydrogen) atoms. The molecule has 6 nitrogen and oxygen atoms in total. The van der Waals surface area contributed by atoms with E-state index in [1.807, 2.05) is 6.07 Å². The Morgan fingerprint density at radius 1 is 1.07 bits per heavy atom. The third-order valence-electron chi connectivity index (χ3n) is 6.56. The topological polar surface area (TPSA) is 61.4 Å². The van der Waals surface area contributed by atoms with Gasteiger partial charge in [0.2, 0.25) is 11.9 Å². The van der Waals surface area contributed by atoms with Crippen LogP contribution in [0.3, 0.4) is 0 Å². The predicted octanol–water partition coefficient (Wildman–Crippen LogP) is 3.78. The van der Waals surface area contributed by atoms with E-state index in [-0.39, 0.29) is 11.8 Å². The van der Waals surface area contributed by atoms with Gasteiger partial charge in [0.15, 0.2) is 0 Å². The normalized spacial score (nSPS) is 20.0. The van der Waals surface area contributed by atoms with Crippen molar-refractivity contribution >= 4 is 17.5 Å². The van der Waals surface area contributed by atoms with Crippen molar-refractivity contribution in [2.45, 2.75) is 57.5 Å². The highest BCUT2D eigenvalue weighted by Gasteiger charge is 2.27. The summed E-state index contributed by atoms with van der Waals surface area (Å²) in [5, 5.41) is 3.13. The molecule has 2 aromatic rings. The molecule has 1 saturated carbocycles. The van der Waals surface area contributed by atoms with E-state index in [2.05, 4.69) is 56.4 Å². The van der Waals surface area contributed by atoms with E-state index >= 15 is 0 Å². The van der Waals surface area contributed by atoms with Crippen molar-refractivity contribution in [2.24, 2.45) is 5.92 Å². The van der Waals surface area contributed by atoms with Crippen LogP contribution in [0.2, 0.25) is 0 Å². The quantitative estimate of drug-likeness (QED) is 0.790. The van der Waals surface area contributed by atoms with Gasteiger partial charge in [0.25, 0.3) is 0 Å². The SMILES string of the molecule is CN(c1ccc(CNC(=O)C2CCCN(c3ncccn3)C2)cc1)C1CCCCC1. The van der Waals surface area contributed by atoms with Crippen LogP contribution in [0.4, 0.5) is 11.6 Å². The summed E-state index contributed by atoms with van der Waals surface area (Å²) in [7, 11) is 2.21. The number of hydrogen-bond acceptors (Lipinski definition) is 5. The van der Waals surface area contributed by atoms with E-state index in [0.29, 0.717) is 25.1 Å². The van der Waals surface area contributed by atoms with Crippen molar-refractivity contribution in [1.29, 1.82) is 0 Å². The minimum atomic E-state index is -0.0146. The summed E-state index contributed by atoms with van der Waals surface area (Å²) in [6, 6.07) is 11.1. The van der Waals surface area contributed by atoms with E-state index in [4.69, 9.17) is 0 Å². The van der Waals surface area contributed by atoms with E-state index in [9.17, 15) is 4.79 Å². The Morgan fingerprint density at radius 3 is 2.53 bits per heavy atom. The number of piperidine rings is 1. The lowest BCUT2D eigenvalue weighted by atomic mass is 9.94. The van der Waals surface area contributed by atoms with Crippen LogP contribution in [0.1, 0.15) is 50.5 Å². The molecule has 0 radical (unpaired) electrons. The molecule has 1 atom stereocenters. The van der Waals surface area contributed by atoms with Gasteiger partial charge in [-0.2, -0.15) is 0 Å². The highest BCUT2D eigenvalue weighted by Crippen LogP contribution is 2.26. The maximum absolute atomic E-state index is 12.7. The molecule has 2 aliphatic rings. The summed E-state index contributed by atoms with van der Waals surface area (Å²) in [6.07, 6.45) is 12.0. The van der Waals surface area contributed by atoms with Crippen molar-refractivity contribution < 1.29 is 4.79 Å². The Kier molecular flexibility index (Phi) is 6.82. The Balaban J connectivity index is 1.28. The largest absolute Gasteiger partial charge is 0.372 e. The fourth-order valence-electron chi connectivity index (χ4n) is 4.69. The van der Waals surface area contributed by atoms with E-state index in [1.54, 1.807) is 12.4 Å². The van der Waals surface area contributed by atoms with Crippen LogP contribution in [0.15, 0.2) is 42.7 Å². The number of carbonyl (C=O) groups excluding carboxylic acids is 1. The molecule has 2 fully saturated rings. The zero-order valence-corrected chi connectivity index (χ0v) is 18.0. The van der Waals surface area contributed by atoms with Crippen LogP contribution in [-0.4, -0.2) is 42.1 Å². The van der Waals surface area contributed by atoms with Gasteiger partial charge >= 0.3 is 0 Å². The van der Waals surface area contributed by atoms with Crippen molar-refractivity contribution in [3.8, 4) is 0 Å². The van der Waals surface area contributed by atoms with Gasteiger partial charge < -0.3 is 15.1 Å². The molecule has 1 unspecified atom stereocenters. The van der Waals surface area contributed by atoms with E-state index in [0.717, 1.165) is 24.9 Å². The maximum atomic E-state index is 12.7. The van der Waals surface area contributed by atoms with Gasteiger partial charge in [-0.25, -0.2) is 9.97 Å². The summed E-state index contributed by atoms with van der Waals surface area (Å²) in [5.74, 6) is 0.825. The highest BCUT2D eigenvalue weighted by molar-refractivity contribution is 5.79. The van der Waals surface area contributed by atoms with Crippen LogP contribution in [0.25, 0.3) is 0 Å². The smallest absolute Gasteiger partial charge is 0.225 e. The number of nitrogens with one attached hydrogen (secondary N) is 1. The maximum Gasteiger partial charge on any atom is 0.225 e. The number of hydrogen-bond donors (Lipinski definition) is 1. The van der Waals surface area contributed by atoms with Gasteiger partial charge in [0.05, 0.1) is 5.92 Å². The third-order valence-corrected chi connectivity index (χ3v) is 6.56. The average molecular weight is 408 g/mol. The zero-order valence-electron chi connectivity index (χ0n) is 18.0. The number of aromatic nitrogens is 2. The van der Waals surface area contributed by atoms with Gasteiger partial charge in [-0.15, -0.1) is 0 Å². The molecule has 0 bridgehead atoms. The first-order valence-electron chi connectivity index (χ1n) is 11.3. The number of amides is 1.